The highest BCUT2D eigenvalue weighted by molar-refractivity contribution is 6.30. The molecule has 0 bridgehead atoms. The van der Waals surface area contributed by atoms with Crippen molar-refractivity contribution in [1.82, 2.24) is 19.7 Å². The molecule has 0 saturated carbocycles. The number of ether oxygens (including phenoxy) is 1. The van der Waals surface area contributed by atoms with Crippen LogP contribution in [0.3, 0.4) is 0 Å². The van der Waals surface area contributed by atoms with Crippen molar-refractivity contribution >= 4 is 11.6 Å². The SMILES string of the molecule is Clc1cccc(Cn2nc(-c3cccnc3)nc2[C@H]2CCOC2)c1. The van der Waals surface area contributed by atoms with Crippen LogP contribution in [0.4, 0.5) is 0 Å². The first-order valence-corrected chi connectivity index (χ1v) is 8.35. The summed E-state index contributed by atoms with van der Waals surface area (Å²) < 4.78 is 7.50. The van der Waals surface area contributed by atoms with Gasteiger partial charge in [-0.05, 0) is 36.2 Å². The van der Waals surface area contributed by atoms with Crippen molar-refractivity contribution in [2.75, 3.05) is 13.2 Å². The van der Waals surface area contributed by atoms with Gasteiger partial charge in [-0.3, -0.25) is 4.98 Å². The summed E-state index contributed by atoms with van der Waals surface area (Å²) >= 11 is 6.11. The summed E-state index contributed by atoms with van der Waals surface area (Å²) in [6, 6.07) is 11.7. The summed E-state index contributed by atoms with van der Waals surface area (Å²) in [6.45, 7) is 2.11. The lowest BCUT2D eigenvalue weighted by molar-refractivity contribution is 0.192. The largest absolute Gasteiger partial charge is 0.381 e. The maximum absolute atomic E-state index is 6.11. The van der Waals surface area contributed by atoms with E-state index in [0.29, 0.717) is 19.0 Å². The van der Waals surface area contributed by atoms with Gasteiger partial charge in [0.25, 0.3) is 0 Å². The van der Waals surface area contributed by atoms with E-state index in [9.17, 15) is 0 Å². The maximum Gasteiger partial charge on any atom is 0.182 e. The second-order valence-electron chi connectivity index (χ2n) is 5.88. The zero-order chi connectivity index (χ0) is 16.4. The Kier molecular flexibility index (Phi) is 4.28. The van der Waals surface area contributed by atoms with Gasteiger partial charge in [-0.2, -0.15) is 5.10 Å². The molecule has 1 atom stereocenters. The smallest absolute Gasteiger partial charge is 0.182 e. The molecule has 3 heterocycles. The van der Waals surface area contributed by atoms with Crippen LogP contribution >= 0.6 is 11.6 Å². The molecule has 5 nitrogen and oxygen atoms in total. The van der Waals surface area contributed by atoms with Gasteiger partial charge in [-0.25, -0.2) is 9.67 Å². The molecule has 3 aromatic rings. The maximum atomic E-state index is 6.11. The lowest BCUT2D eigenvalue weighted by Gasteiger charge is -2.10. The van der Waals surface area contributed by atoms with Crippen LogP contribution in [0.1, 0.15) is 23.7 Å². The number of halogens is 1. The van der Waals surface area contributed by atoms with Crippen LogP contribution in [0, 0.1) is 0 Å². The minimum absolute atomic E-state index is 0.280. The third kappa shape index (κ3) is 3.18. The predicted molar refractivity (Wildman–Crippen MR) is 92.0 cm³/mol. The molecule has 1 fully saturated rings. The van der Waals surface area contributed by atoms with Gasteiger partial charge in [0.2, 0.25) is 0 Å². The summed E-state index contributed by atoms with van der Waals surface area (Å²) in [5, 5.41) is 5.44. The Hall–Kier alpha value is -2.24. The van der Waals surface area contributed by atoms with Crippen molar-refractivity contribution in [1.29, 1.82) is 0 Å². The Morgan fingerprint density at radius 3 is 2.96 bits per heavy atom. The number of hydrogen-bond donors (Lipinski definition) is 0. The van der Waals surface area contributed by atoms with E-state index < -0.39 is 0 Å². The van der Waals surface area contributed by atoms with Gasteiger partial charge in [-0.1, -0.05) is 23.7 Å². The topological polar surface area (TPSA) is 52.8 Å². The molecule has 1 saturated heterocycles. The second-order valence-corrected chi connectivity index (χ2v) is 6.32. The number of rotatable bonds is 4. The van der Waals surface area contributed by atoms with Crippen molar-refractivity contribution in [3.05, 3.63) is 65.2 Å². The first kappa shape index (κ1) is 15.3. The van der Waals surface area contributed by atoms with Crippen molar-refractivity contribution in [3.8, 4) is 11.4 Å². The Balaban J connectivity index is 1.72. The van der Waals surface area contributed by atoms with Crippen LogP contribution in [-0.2, 0) is 11.3 Å². The Bertz CT molecular complexity index is 828. The minimum atomic E-state index is 0.280. The first-order chi connectivity index (χ1) is 11.8. The summed E-state index contributed by atoms with van der Waals surface area (Å²) in [6.07, 6.45) is 4.51. The number of benzene rings is 1. The third-order valence-corrected chi connectivity index (χ3v) is 4.37. The van der Waals surface area contributed by atoms with E-state index in [1.165, 1.54) is 0 Å². The molecule has 0 spiro atoms. The molecular formula is C18H17ClN4O. The molecular weight excluding hydrogens is 324 g/mol. The highest BCUT2D eigenvalue weighted by Gasteiger charge is 2.25. The molecule has 2 aromatic heterocycles. The standard InChI is InChI=1S/C18H17ClN4O/c19-16-5-1-3-13(9-16)11-23-18(15-6-8-24-12-15)21-17(22-23)14-4-2-7-20-10-14/h1-5,7,9-10,15H,6,8,11-12H2/t15-/m0/s1. The molecule has 0 radical (unpaired) electrons. The molecule has 0 amide bonds. The van der Waals surface area contributed by atoms with Gasteiger partial charge in [0.15, 0.2) is 5.82 Å². The van der Waals surface area contributed by atoms with E-state index >= 15 is 0 Å². The Morgan fingerprint density at radius 2 is 2.21 bits per heavy atom. The Morgan fingerprint density at radius 1 is 1.25 bits per heavy atom. The number of hydrogen-bond acceptors (Lipinski definition) is 4. The molecule has 1 aliphatic rings. The van der Waals surface area contributed by atoms with E-state index in [-0.39, 0.29) is 5.92 Å². The van der Waals surface area contributed by atoms with Gasteiger partial charge in [0, 0.05) is 35.5 Å². The second kappa shape index (κ2) is 6.71. The van der Waals surface area contributed by atoms with Crippen LogP contribution in [0.25, 0.3) is 11.4 Å². The average Bonchev–Trinajstić information content (AvgIpc) is 3.25. The third-order valence-electron chi connectivity index (χ3n) is 4.14. The molecule has 24 heavy (non-hydrogen) atoms. The van der Waals surface area contributed by atoms with Crippen LogP contribution in [0.5, 0.6) is 0 Å². The summed E-state index contributed by atoms with van der Waals surface area (Å²) in [4.78, 5) is 8.94. The molecule has 0 N–H and O–H groups in total. The van der Waals surface area contributed by atoms with E-state index in [2.05, 4.69) is 4.98 Å². The predicted octanol–water partition coefficient (Wildman–Crippen LogP) is 3.55. The molecule has 0 aliphatic carbocycles. The van der Waals surface area contributed by atoms with Gasteiger partial charge in [0.1, 0.15) is 5.82 Å². The molecule has 6 heteroatoms. The zero-order valence-electron chi connectivity index (χ0n) is 13.1. The van der Waals surface area contributed by atoms with E-state index in [0.717, 1.165) is 35.0 Å². The molecule has 0 unspecified atom stereocenters. The van der Waals surface area contributed by atoms with Gasteiger partial charge >= 0.3 is 0 Å². The van der Waals surface area contributed by atoms with Crippen molar-refractivity contribution < 1.29 is 4.74 Å². The molecule has 1 aromatic carbocycles. The van der Waals surface area contributed by atoms with Crippen molar-refractivity contribution in [2.24, 2.45) is 0 Å². The van der Waals surface area contributed by atoms with Crippen LogP contribution in [0.2, 0.25) is 5.02 Å². The lowest BCUT2D eigenvalue weighted by Crippen LogP contribution is -2.11. The fourth-order valence-corrected chi connectivity index (χ4v) is 3.15. The van der Waals surface area contributed by atoms with Crippen LogP contribution in [-0.4, -0.2) is 33.0 Å². The zero-order valence-corrected chi connectivity index (χ0v) is 13.9. The van der Waals surface area contributed by atoms with Gasteiger partial charge in [0.05, 0.1) is 13.2 Å². The first-order valence-electron chi connectivity index (χ1n) is 7.97. The van der Waals surface area contributed by atoms with Crippen LogP contribution in [0.15, 0.2) is 48.8 Å². The summed E-state index contributed by atoms with van der Waals surface area (Å²) in [5.41, 5.74) is 2.02. The minimum Gasteiger partial charge on any atom is -0.381 e. The highest BCUT2D eigenvalue weighted by atomic mass is 35.5. The van der Waals surface area contributed by atoms with E-state index in [1.807, 2.05) is 41.1 Å². The quantitative estimate of drug-likeness (QED) is 0.729. The van der Waals surface area contributed by atoms with Gasteiger partial charge < -0.3 is 4.74 Å². The van der Waals surface area contributed by atoms with E-state index in [1.54, 1.807) is 12.4 Å². The fraction of sp³-hybridized carbons (Fsp3) is 0.278. The Labute approximate surface area is 145 Å². The lowest BCUT2D eigenvalue weighted by atomic mass is 10.1. The number of aromatic nitrogens is 4. The van der Waals surface area contributed by atoms with Crippen LogP contribution < -0.4 is 0 Å². The van der Waals surface area contributed by atoms with Crippen molar-refractivity contribution in [3.63, 3.8) is 0 Å². The monoisotopic (exact) mass is 340 g/mol. The number of nitrogens with zero attached hydrogens (tertiary/aromatic N) is 4. The summed E-state index contributed by atoms with van der Waals surface area (Å²) in [5.74, 6) is 1.94. The molecule has 1 aliphatic heterocycles. The molecule has 4 rings (SSSR count). The van der Waals surface area contributed by atoms with Crippen molar-refractivity contribution in [2.45, 2.75) is 18.9 Å². The normalized spacial score (nSPS) is 17.3. The fourth-order valence-electron chi connectivity index (χ4n) is 2.94. The summed E-state index contributed by atoms with van der Waals surface area (Å²) in [7, 11) is 0. The number of pyridine rings is 1. The highest BCUT2D eigenvalue weighted by Crippen LogP contribution is 2.27. The van der Waals surface area contributed by atoms with E-state index in [4.69, 9.17) is 26.4 Å². The molecule has 122 valence electrons. The average molecular weight is 341 g/mol. The van der Waals surface area contributed by atoms with Gasteiger partial charge in [-0.15, -0.1) is 0 Å².